The quantitative estimate of drug-likeness (QED) is 0.894. The predicted molar refractivity (Wildman–Crippen MR) is 78.2 cm³/mol. The van der Waals surface area contributed by atoms with Crippen molar-refractivity contribution in [3.05, 3.63) is 35.9 Å². The van der Waals surface area contributed by atoms with Crippen LogP contribution in [0.15, 0.2) is 30.3 Å². The number of hydrogen-bond donors (Lipinski definition) is 2. The molecule has 1 aliphatic rings. The topological polar surface area (TPSA) is 74.8 Å². The van der Waals surface area contributed by atoms with Crippen molar-refractivity contribution in [2.75, 3.05) is 5.73 Å². The fraction of sp³-hybridized carbons (Fsp3) is 0.312. The van der Waals surface area contributed by atoms with Crippen molar-refractivity contribution >= 4 is 5.82 Å². The number of nitriles is 1. The van der Waals surface area contributed by atoms with Gasteiger partial charge in [0.25, 0.3) is 0 Å². The van der Waals surface area contributed by atoms with Crippen molar-refractivity contribution in [1.82, 2.24) is 4.98 Å². The first-order valence-corrected chi connectivity index (χ1v) is 6.92. The molecule has 4 nitrogen and oxygen atoms in total. The zero-order valence-corrected chi connectivity index (χ0v) is 11.2. The molecule has 4 heteroatoms. The van der Waals surface area contributed by atoms with E-state index in [9.17, 15) is 0 Å². The molecule has 0 spiro atoms. The molecule has 3 N–H and O–H groups in total. The van der Waals surface area contributed by atoms with Gasteiger partial charge in [0.1, 0.15) is 17.6 Å². The van der Waals surface area contributed by atoms with Crippen LogP contribution in [-0.4, -0.2) is 11.1 Å². The van der Waals surface area contributed by atoms with Gasteiger partial charge in [0.05, 0.1) is 11.7 Å². The molecule has 2 aromatic rings. The summed E-state index contributed by atoms with van der Waals surface area (Å²) in [4.78, 5) is 3.02. The molecule has 0 unspecified atom stereocenters. The SMILES string of the molecule is N#Cc1cc(-c2ccc(OC3CCCC3)cc2)[nH]c1N. The van der Waals surface area contributed by atoms with Gasteiger partial charge in [-0.05, 0) is 61.6 Å². The number of H-pyrrole nitrogens is 1. The molecule has 0 atom stereocenters. The fourth-order valence-electron chi connectivity index (χ4n) is 2.63. The third-order valence-electron chi connectivity index (χ3n) is 3.74. The largest absolute Gasteiger partial charge is 0.490 e. The zero-order valence-electron chi connectivity index (χ0n) is 11.2. The van der Waals surface area contributed by atoms with Gasteiger partial charge >= 0.3 is 0 Å². The molecular formula is C16H17N3O. The van der Waals surface area contributed by atoms with E-state index in [1.807, 2.05) is 24.3 Å². The number of nitrogen functional groups attached to an aromatic ring is 1. The van der Waals surface area contributed by atoms with E-state index in [1.165, 1.54) is 12.8 Å². The number of benzene rings is 1. The minimum absolute atomic E-state index is 0.368. The van der Waals surface area contributed by atoms with E-state index in [4.69, 9.17) is 15.7 Å². The Labute approximate surface area is 118 Å². The van der Waals surface area contributed by atoms with Crippen LogP contribution in [0.3, 0.4) is 0 Å². The van der Waals surface area contributed by atoms with Gasteiger partial charge in [-0.3, -0.25) is 0 Å². The number of nitrogens with two attached hydrogens (primary N) is 1. The van der Waals surface area contributed by atoms with Crippen molar-refractivity contribution < 1.29 is 4.74 Å². The highest BCUT2D eigenvalue weighted by molar-refractivity contribution is 5.68. The van der Waals surface area contributed by atoms with E-state index in [2.05, 4.69) is 11.1 Å². The molecule has 1 aromatic heterocycles. The summed E-state index contributed by atoms with van der Waals surface area (Å²) >= 11 is 0. The molecule has 0 saturated heterocycles. The second-order valence-electron chi connectivity index (χ2n) is 5.17. The summed E-state index contributed by atoms with van der Waals surface area (Å²) in [6.07, 6.45) is 5.20. The van der Waals surface area contributed by atoms with Gasteiger partial charge < -0.3 is 15.5 Å². The summed E-state index contributed by atoms with van der Waals surface area (Å²) in [7, 11) is 0. The molecule has 102 valence electrons. The third-order valence-corrected chi connectivity index (χ3v) is 3.74. The smallest absolute Gasteiger partial charge is 0.119 e. The van der Waals surface area contributed by atoms with Crippen molar-refractivity contribution in [2.45, 2.75) is 31.8 Å². The van der Waals surface area contributed by atoms with Gasteiger partial charge in [-0.2, -0.15) is 5.26 Å². The summed E-state index contributed by atoms with van der Waals surface area (Å²) < 4.78 is 5.93. The highest BCUT2D eigenvalue weighted by atomic mass is 16.5. The molecule has 20 heavy (non-hydrogen) atoms. The molecule has 1 aliphatic carbocycles. The average molecular weight is 267 g/mol. The lowest BCUT2D eigenvalue weighted by molar-refractivity contribution is 0.210. The van der Waals surface area contributed by atoms with Crippen LogP contribution in [0.5, 0.6) is 5.75 Å². The van der Waals surface area contributed by atoms with E-state index in [0.29, 0.717) is 17.5 Å². The molecule has 1 aromatic carbocycles. The Morgan fingerprint density at radius 2 is 1.90 bits per heavy atom. The lowest BCUT2D eigenvalue weighted by Crippen LogP contribution is -2.10. The number of nitrogens with one attached hydrogen (secondary N) is 1. The van der Waals surface area contributed by atoms with Gasteiger partial charge in [-0.25, -0.2) is 0 Å². The van der Waals surface area contributed by atoms with Gasteiger partial charge in [0, 0.05) is 5.69 Å². The maximum Gasteiger partial charge on any atom is 0.119 e. The third kappa shape index (κ3) is 2.48. The van der Waals surface area contributed by atoms with Crippen LogP contribution < -0.4 is 10.5 Å². The van der Waals surface area contributed by atoms with Crippen LogP contribution in [-0.2, 0) is 0 Å². The van der Waals surface area contributed by atoms with Crippen LogP contribution in [0.2, 0.25) is 0 Å². The van der Waals surface area contributed by atoms with E-state index in [-0.39, 0.29) is 0 Å². The van der Waals surface area contributed by atoms with E-state index < -0.39 is 0 Å². The van der Waals surface area contributed by atoms with Gasteiger partial charge in [0.15, 0.2) is 0 Å². The summed E-state index contributed by atoms with van der Waals surface area (Å²) in [6, 6.07) is 11.7. The lowest BCUT2D eigenvalue weighted by Gasteiger charge is -2.13. The molecule has 0 radical (unpaired) electrons. The Hall–Kier alpha value is -2.41. The van der Waals surface area contributed by atoms with Crippen LogP contribution in [0.4, 0.5) is 5.82 Å². The Kier molecular flexibility index (Phi) is 3.34. The Morgan fingerprint density at radius 1 is 1.20 bits per heavy atom. The van der Waals surface area contributed by atoms with Crippen LogP contribution >= 0.6 is 0 Å². The first-order valence-electron chi connectivity index (χ1n) is 6.92. The number of rotatable bonds is 3. The van der Waals surface area contributed by atoms with Crippen LogP contribution in [0, 0.1) is 11.3 Å². The summed E-state index contributed by atoms with van der Waals surface area (Å²) in [5.41, 5.74) is 8.05. The van der Waals surface area contributed by atoms with Gasteiger partial charge in [0.2, 0.25) is 0 Å². The van der Waals surface area contributed by atoms with Crippen molar-refractivity contribution in [3.63, 3.8) is 0 Å². The second-order valence-corrected chi connectivity index (χ2v) is 5.17. The first kappa shape index (κ1) is 12.6. The maximum absolute atomic E-state index is 8.91. The average Bonchev–Trinajstić information content (AvgIpc) is 3.09. The molecule has 1 saturated carbocycles. The monoisotopic (exact) mass is 267 g/mol. The highest BCUT2D eigenvalue weighted by Crippen LogP contribution is 2.27. The lowest BCUT2D eigenvalue weighted by atomic mass is 10.1. The maximum atomic E-state index is 8.91. The van der Waals surface area contributed by atoms with Crippen molar-refractivity contribution in [2.24, 2.45) is 0 Å². The van der Waals surface area contributed by atoms with E-state index >= 15 is 0 Å². The van der Waals surface area contributed by atoms with E-state index in [0.717, 1.165) is 29.8 Å². The molecular weight excluding hydrogens is 250 g/mol. The fourth-order valence-corrected chi connectivity index (χ4v) is 2.63. The second kappa shape index (κ2) is 5.30. The predicted octanol–water partition coefficient (Wildman–Crippen LogP) is 3.46. The number of hydrogen-bond acceptors (Lipinski definition) is 3. The van der Waals surface area contributed by atoms with E-state index in [1.54, 1.807) is 6.07 Å². The summed E-state index contributed by atoms with van der Waals surface area (Å²) in [5, 5.41) is 8.91. The molecule has 0 bridgehead atoms. The highest BCUT2D eigenvalue weighted by Gasteiger charge is 2.16. The van der Waals surface area contributed by atoms with Crippen LogP contribution in [0.25, 0.3) is 11.3 Å². The Balaban J connectivity index is 1.76. The Bertz CT molecular complexity index is 631. The molecule has 1 fully saturated rings. The van der Waals surface area contributed by atoms with Gasteiger partial charge in [-0.15, -0.1) is 0 Å². The molecule has 0 amide bonds. The number of aromatic amines is 1. The van der Waals surface area contributed by atoms with Crippen LogP contribution in [0.1, 0.15) is 31.2 Å². The molecule has 0 aliphatic heterocycles. The first-order chi connectivity index (χ1) is 9.76. The van der Waals surface area contributed by atoms with Crippen molar-refractivity contribution in [1.29, 1.82) is 5.26 Å². The zero-order chi connectivity index (χ0) is 13.9. The number of nitrogens with zero attached hydrogens (tertiary/aromatic N) is 1. The summed E-state index contributed by atoms with van der Waals surface area (Å²) in [5.74, 6) is 1.31. The normalized spacial score (nSPS) is 15.2. The molecule has 3 rings (SSSR count). The number of ether oxygens (including phenoxy) is 1. The number of aromatic nitrogens is 1. The minimum atomic E-state index is 0.368. The summed E-state index contributed by atoms with van der Waals surface area (Å²) in [6.45, 7) is 0. The molecule has 1 heterocycles. The standard InChI is InChI=1S/C16H17N3O/c17-10-12-9-15(19-16(12)18)11-5-7-14(8-6-11)20-13-3-1-2-4-13/h5-9,13,19H,1-4,18H2. The number of anilines is 1. The Morgan fingerprint density at radius 3 is 2.50 bits per heavy atom. The van der Waals surface area contributed by atoms with Crippen molar-refractivity contribution in [3.8, 4) is 23.1 Å². The van der Waals surface area contributed by atoms with Gasteiger partial charge in [-0.1, -0.05) is 0 Å². The minimum Gasteiger partial charge on any atom is -0.490 e.